The van der Waals surface area contributed by atoms with Gasteiger partial charge >= 0.3 is 0 Å². The molecule has 0 fully saturated rings. The van der Waals surface area contributed by atoms with Crippen molar-refractivity contribution in [3.63, 3.8) is 0 Å². The third-order valence-electron chi connectivity index (χ3n) is 2.90. The zero-order valence-electron chi connectivity index (χ0n) is 10.4. The van der Waals surface area contributed by atoms with Gasteiger partial charge in [0, 0.05) is 18.9 Å². The minimum absolute atomic E-state index is 0.764. The molecule has 3 aromatic rings. The van der Waals surface area contributed by atoms with Crippen LogP contribution >= 0.6 is 0 Å². The molecule has 4 nitrogen and oxygen atoms in total. The van der Waals surface area contributed by atoms with Crippen LogP contribution in [0.1, 0.15) is 5.56 Å². The van der Waals surface area contributed by atoms with Gasteiger partial charge in [-0.2, -0.15) is 5.10 Å². The monoisotopic (exact) mass is 250 g/mol. The normalized spacial score (nSPS) is 10.3. The predicted molar refractivity (Wildman–Crippen MR) is 75.6 cm³/mol. The summed E-state index contributed by atoms with van der Waals surface area (Å²) in [6.45, 7) is 0.764. The maximum Gasteiger partial charge on any atom is 0.126 e. The molecule has 2 heterocycles. The number of benzene rings is 1. The highest BCUT2D eigenvalue weighted by Crippen LogP contribution is 2.17. The van der Waals surface area contributed by atoms with E-state index in [1.807, 2.05) is 24.3 Å². The van der Waals surface area contributed by atoms with Crippen molar-refractivity contribution in [3.8, 4) is 11.3 Å². The van der Waals surface area contributed by atoms with Crippen LogP contribution in [0.4, 0.5) is 5.82 Å². The predicted octanol–water partition coefficient (Wildman–Crippen LogP) is 3.08. The molecule has 0 aliphatic heterocycles. The van der Waals surface area contributed by atoms with E-state index in [2.05, 4.69) is 44.8 Å². The highest BCUT2D eigenvalue weighted by atomic mass is 15.1. The van der Waals surface area contributed by atoms with Crippen molar-refractivity contribution in [1.82, 2.24) is 15.2 Å². The molecule has 0 spiro atoms. The molecule has 0 saturated heterocycles. The molecule has 94 valence electrons. The molecule has 4 heteroatoms. The lowest BCUT2D eigenvalue weighted by Gasteiger charge is -2.06. The zero-order valence-corrected chi connectivity index (χ0v) is 10.4. The minimum atomic E-state index is 0.764. The second kappa shape index (κ2) is 5.35. The first-order valence-electron chi connectivity index (χ1n) is 6.15. The second-order valence-corrected chi connectivity index (χ2v) is 4.24. The summed E-state index contributed by atoms with van der Waals surface area (Å²) in [5.41, 5.74) is 3.39. The van der Waals surface area contributed by atoms with E-state index in [0.29, 0.717) is 0 Å². The lowest BCUT2D eigenvalue weighted by Crippen LogP contribution is -2.00. The maximum atomic E-state index is 4.23. The SMILES string of the molecule is c1ccc(NCc2ccc(-c3ccn[nH]3)cc2)nc1. The molecule has 0 saturated carbocycles. The second-order valence-electron chi connectivity index (χ2n) is 4.24. The van der Waals surface area contributed by atoms with Crippen LogP contribution in [0.25, 0.3) is 11.3 Å². The molecule has 2 aromatic heterocycles. The molecule has 1 aromatic carbocycles. The Morgan fingerprint density at radius 2 is 1.84 bits per heavy atom. The summed E-state index contributed by atoms with van der Waals surface area (Å²) in [6, 6.07) is 16.2. The van der Waals surface area contributed by atoms with Crippen LogP contribution < -0.4 is 5.32 Å². The van der Waals surface area contributed by atoms with Crippen LogP contribution in [0, 0.1) is 0 Å². The molecule has 0 unspecified atom stereocenters. The molecule has 2 N–H and O–H groups in total. The highest BCUT2D eigenvalue weighted by Gasteiger charge is 1.99. The van der Waals surface area contributed by atoms with E-state index < -0.39 is 0 Å². The van der Waals surface area contributed by atoms with Crippen LogP contribution in [-0.2, 0) is 6.54 Å². The van der Waals surface area contributed by atoms with Gasteiger partial charge in [0.05, 0.1) is 5.69 Å². The first kappa shape index (κ1) is 11.5. The van der Waals surface area contributed by atoms with Crippen LogP contribution in [0.3, 0.4) is 0 Å². The molecule has 0 aliphatic carbocycles. The van der Waals surface area contributed by atoms with Gasteiger partial charge in [-0.25, -0.2) is 4.98 Å². The van der Waals surface area contributed by atoms with Crippen LogP contribution in [0.15, 0.2) is 60.9 Å². The van der Waals surface area contributed by atoms with Crippen molar-refractivity contribution in [2.24, 2.45) is 0 Å². The fourth-order valence-electron chi connectivity index (χ4n) is 1.88. The number of rotatable bonds is 4. The van der Waals surface area contributed by atoms with Gasteiger partial charge in [-0.3, -0.25) is 5.10 Å². The molecule has 0 amide bonds. The number of H-pyrrole nitrogens is 1. The zero-order chi connectivity index (χ0) is 12.9. The first-order valence-corrected chi connectivity index (χ1v) is 6.15. The standard InChI is InChI=1S/C15H14N4/c1-2-9-16-15(3-1)17-11-12-4-6-13(7-5-12)14-8-10-18-19-14/h1-10H,11H2,(H,16,17)(H,18,19). The van der Waals surface area contributed by atoms with Crippen molar-refractivity contribution in [3.05, 3.63) is 66.5 Å². The summed E-state index contributed by atoms with van der Waals surface area (Å²) in [6.07, 6.45) is 3.54. The van der Waals surface area contributed by atoms with Crippen LogP contribution in [0.5, 0.6) is 0 Å². The van der Waals surface area contributed by atoms with E-state index in [4.69, 9.17) is 0 Å². The molecule has 0 bridgehead atoms. The van der Waals surface area contributed by atoms with Gasteiger partial charge in [0.2, 0.25) is 0 Å². The summed E-state index contributed by atoms with van der Waals surface area (Å²) in [5, 5.41) is 10.2. The van der Waals surface area contributed by atoms with Crippen molar-refractivity contribution in [2.45, 2.75) is 6.54 Å². The molecule has 3 rings (SSSR count). The Labute approximate surface area is 111 Å². The number of aromatic amines is 1. The summed E-state index contributed by atoms with van der Waals surface area (Å²) in [7, 11) is 0. The molecule has 0 aliphatic rings. The highest BCUT2D eigenvalue weighted by molar-refractivity contribution is 5.58. The van der Waals surface area contributed by atoms with E-state index in [1.165, 1.54) is 5.56 Å². The Balaban J connectivity index is 1.67. The largest absolute Gasteiger partial charge is 0.366 e. The Morgan fingerprint density at radius 1 is 0.947 bits per heavy atom. The van der Waals surface area contributed by atoms with Crippen LogP contribution in [-0.4, -0.2) is 15.2 Å². The minimum Gasteiger partial charge on any atom is -0.366 e. The molecular weight excluding hydrogens is 236 g/mol. The maximum absolute atomic E-state index is 4.23. The third kappa shape index (κ3) is 2.80. The number of aromatic nitrogens is 3. The molecule has 19 heavy (non-hydrogen) atoms. The third-order valence-corrected chi connectivity index (χ3v) is 2.90. The first-order chi connectivity index (χ1) is 9.42. The number of hydrogen-bond acceptors (Lipinski definition) is 3. The number of anilines is 1. The van der Waals surface area contributed by atoms with E-state index in [9.17, 15) is 0 Å². The fourth-order valence-corrected chi connectivity index (χ4v) is 1.88. The van der Waals surface area contributed by atoms with E-state index >= 15 is 0 Å². The van der Waals surface area contributed by atoms with Gasteiger partial charge in [-0.1, -0.05) is 30.3 Å². The van der Waals surface area contributed by atoms with Gasteiger partial charge in [0.15, 0.2) is 0 Å². The van der Waals surface area contributed by atoms with Gasteiger partial charge in [-0.15, -0.1) is 0 Å². The van der Waals surface area contributed by atoms with Gasteiger partial charge in [0.1, 0.15) is 5.82 Å². The fraction of sp³-hybridized carbons (Fsp3) is 0.0667. The molecule has 0 radical (unpaired) electrons. The Hall–Kier alpha value is -2.62. The number of nitrogens with one attached hydrogen (secondary N) is 2. The average molecular weight is 250 g/mol. The van der Waals surface area contributed by atoms with E-state index in [-0.39, 0.29) is 0 Å². The lowest BCUT2D eigenvalue weighted by molar-refractivity contribution is 1.09. The van der Waals surface area contributed by atoms with Crippen LogP contribution in [0.2, 0.25) is 0 Å². The molecular formula is C15H14N4. The Morgan fingerprint density at radius 3 is 2.53 bits per heavy atom. The number of nitrogens with zero attached hydrogens (tertiary/aromatic N) is 2. The number of pyridine rings is 1. The van der Waals surface area contributed by atoms with Gasteiger partial charge in [0.25, 0.3) is 0 Å². The average Bonchev–Trinajstić information content (AvgIpc) is 3.01. The summed E-state index contributed by atoms with van der Waals surface area (Å²) >= 11 is 0. The smallest absolute Gasteiger partial charge is 0.126 e. The lowest BCUT2D eigenvalue weighted by atomic mass is 10.1. The Bertz CT molecular complexity index is 615. The van der Waals surface area contributed by atoms with E-state index in [0.717, 1.165) is 23.6 Å². The van der Waals surface area contributed by atoms with Crippen molar-refractivity contribution in [2.75, 3.05) is 5.32 Å². The quantitative estimate of drug-likeness (QED) is 0.748. The summed E-state index contributed by atoms with van der Waals surface area (Å²) in [4.78, 5) is 4.23. The summed E-state index contributed by atoms with van der Waals surface area (Å²) < 4.78 is 0. The molecule has 0 atom stereocenters. The topological polar surface area (TPSA) is 53.6 Å². The van der Waals surface area contributed by atoms with Crippen molar-refractivity contribution >= 4 is 5.82 Å². The van der Waals surface area contributed by atoms with Gasteiger partial charge in [-0.05, 0) is 29.3 Å². The van der Waals surface area contributed by atoms with Crippen molar-refractivity contribution in [1.29, 1.82) is 0 Å². The Kier molecular flexibility index (Phi) is 3.23. The number of hydrogen-bond donors (Lipinski definition) is 2. The van der Waals surface area contributed by atoms with Gasteiger partial charge < -0.3 is 5.32 Å². The summed E-state index contributed by atoms with van der Waals surface area (Å²) in [5.74, 6) is 0.889. The van der Waals surface area contributed by atoms with E-state index in [1.54, 1.807) is 12.4 Å². The van der Waals surface area contributed by atoms with Crippen molar-refractivity contribution < 1.29 is 0 Å².